The van der Waals surface area contributed by atoms with Crippen LogP contribution in [0.15, 0.2) is 33.7 Å². The van der Waals surface area contributed by atoms with Crippen molar-refractivity contribution < 1.29 is 0 Å². The SMILES string of the molecule is CCNC(=NCC1CC1)N(C)Cc1ccccc1Br.I. The molecule has 3 nitrogen and oxygen atoms in total. The molecule has 0 heterocycles. The highest BCUT2D eigenvalue weighted by Gasteiger charge is 2.21. The first-order chi connectivity index (χ1) is 9.20. The minimum Gasteiger partial charge on any atom is -0.357 e. The van der Waals surface area contributed by atoms with Gasteiger partial charge in [-0.3, -0.25) is 4.99 Å². The van der Waals surface area contributed by atoms with Crippen LogP contribution in [0.1, 0.15) is 25.3 Å². The van der Waals surface area contributed by atoms with E-state index >= 15 is 0 Å². The molecule has 20 heavy (non-hydrogen) atoms. The first-order valence-electron chi connectivity index (χ1n) is 6.93. The number of benzene rings is 1. The van der Waals surface area contributed by atoms with Gasteiger partial charge in [0.2, 0.25) is 0 Å². The molecule has 0 saturated heterocycles. The molecule has 0 unspecified atom stereocenters. The fraction of sp³-hybridized carbons (Fsp3) is 0.533. The van der Waals surface area contributed by atoms with Gasteiger partial charge in [0.25, 0.3) is 0 Å². The smallest absolute Gasteiger partial charge is 0.193 e. The standard InChI is InChI=1S/C15H22BrN3.HI/c1-3-17-15(18-10-12-8-9-12)19(2)11-13-6-4-5-7-14(13)16;/h4-7,12H,3,8-11H2,1-2H3,(H,17,18);1H. The number of aliphatic imine (C=N–C) groups is 1. The molecule has 0 amide bonds. The fourth-order valence-corrected chi connectivity index (χ4v) is 2.35. The molecule has 0 aromatic heterocycles. The van der Waals surface area contributed by atoms with Gasteiger partial charge in [0.05, 0.1) is 0 Å². The fourth-order valence-electron chi connectivity index (χ4n) is 1.94. The van der Waals surface area contributed by atoms with Gasteiger partial charge in [-0.05, 0) is 37.3 Å². The Balaban J connectivity index is 0.00000200. The van der Waals surface area contributed by atoms with Crippen LogP contribution in [-0.4, -0.2) is 31.0 Å². The summed E-state index contributed by atoms with van der Waals surface area (Å²) in [6, 6.07) is 8.34. The van der Waals surface area contributed by atoms with Crippen molar-refractivity contribution in [2.75, 3.05) is 20.1 Å². The van der Waals surface area contributed by atoms with Crippen molar-refractivity contribution in [3.8, 4) is 0 Å². The number of hydrogen-bond donors (Lipinski definition) is 1. The Morgan fingerprint density at radius 1 is 1.40 bits per heavy atom. The van der Waals surface area contributed by atoms with E-state index in [0.29, 0.717) is 0 Å². The van der Waals surface area contributed by atoms with Gasteiger partial charge in [-0.2, -0.15) is 0 Å². The second-order valence-electron chi connectivity index (χ2n) is 5.09. The first kappa shape index (κ1) is 17.8. The van der Waals surface area contributed by atoms with E-state index in [4.69, 9.17) is 4.99 Å². The Morgan fingerprint density at radius 2 is 2.10 bits per heavy atom. The molecule has 0 spiro atoms. The van der Waals surface area contributed by atoms with E-state index < -0.39 is 0 Å². The summed E-state index contributed by atoms with van der Waals surface area (Å²) in [7, 11) is 2.09. The van der Waals surface area contributed by atoms with E-state index in [0.717, 1.165) is 36.0 Å². The maximum atomic E-state index is 4.72. The van der Waals surface area contributed by atoms with Gasteiger partial charge in [-0.1, -0.05) is 34.1 Å². The largest absolute Gasteiger partial charge is 0.357 e. The minimum absolute atomic E-state index is 0. The van der Waals surface area contributed by atoms with E-state index in [-0.39, 0.29) is 24.0 Å². The molecule has 1 fully saturated rings. The zero-order valence-electron chi connectivity index (χ0n) is 12.1. The predicted molar refractivity (Wildman–Crippen MR) is 99.7 cm³/mol. The summed E-state index contributed by atoms with van der Waals surface area (Å²) in [4.78, 5) is 6.90. The van der Waals surface area contributed by atoms with Crippen LogP contribution in [0.2, 0.25) is 0 Å². The highest BCUT2D eigenvalue weighted by Crippen LogP contribution is 2.28. The lowest BCUT2D eigenvalue weighted by Gasteiger charge is -2.22. The normalized spacial score (nSPS) is 14.7. The zero-order valence-corrected chi connectivity index (χ0v) is 16.0. The van der Waals surface area contributed by atoms with Gasteiger partial charge in [-0.25, -0.2) is 0 Å². The predicted octanol–water partition coefficient (Wildman–Crippen LogP) is 3.87. The van der Waals surface area contributed by atoms with E-state index in [1.807, 2.05) is 6.07 Å². The number of nitrogens with one attached hydrogen (secondary N) is 1. The molecule has 5 heteroatoms. The molecule has 0 bridgehead atoms. The van der Waals surface area contributed by atoms with Crippen molar-refractivity contribution in [2.45, 2.75) is 26.3 Å². The topological polar surface area (TPSA) is 27.6 Å². The quantitative estimate of drug-likeness (QED) is 0.418. The second kappa shape index (κ2) is 8.87. The summed E-state index contributed by atoms with van der Waals surface area (Å²) in [6.45, 7) is 4.84. The van der Waals surface area contributed by atoms with Crippen molar-refractivity contribution >= 4 is 45.9 Å². The van der Waals surface area contributed by atoms with Crippen LogP contribution in [0.4, 0.5) is 0 Å². The van der Waals surface area contributed by atoms with Crippen molar-refractivity contribution in [3.05, 3.63) is 34.3 Å². The molecule has 0 aliphatic heterocycles. The number of halogens is 2. The van der Waals surface area contributed by atoms with Crippen LogP contribution in [0.5, 0.6) is 0 Å². The Kier molecular flexibility index (Phi) is 7.87. The third-order valence-corrected chi connectivity index (χ3v) is 4.03. The molecule has 112 valence electrons. The highest BCUT2D eigenvalue weighted by atomic mass is 127. The molecule has 1 aromatic rings. The average molecular weight is 452 g/mol. The Morgan fingerprint density at radius 3 is 2.70 bits per heavy atom. The summed E-state index contributed by atoms with van der Waals surface area (Å²) >= 11 is 3.60. The number of nitrogens with zero attached hydrogens (tertiary/aromatic N) is 2. The first-order valence-corrected chi connectivity index (χ1v) is 7.73. The van der Waals surface area contributed by atoms with Crippen LogP contribution < -0.4 is 5.32 Å². The Bertz CT molecular complexity index is 446. The van der Waals surface area contributed by atoms with E-state index in [9.17, 15) is 0 Å². The molecule has 1 aliphatic carbocycles. The lowest BCUT2D eigenvalue weighted by molar-refractivity contribution is 0.475. The van der Waals surface area contributed by atoms with E-state index in [1.165, 1.54) is 18.4 Å². The van der Waals surface area contributed by atoms with Gasteiger partial charge in [-0.15, -0.1) is 24.0 Å². The maximum absolute atomic E-state index is 4.72. The van der Waals surface area contributed by atoms with E-state index in [1.54, 1.807) is 0 Å². The Hall–Kier alpha value is -0.300. The van der Waals surface area contributed by atoms with Crippen molar-refractivity contribution in [3.63, 3.8) is 0 Å². The highest BCUT2D eigenvalue weighted by molar-refractivity contribution is 14.0. The lowest BCUT2D eigenvalue weighted by Crippen LogP contribution is -2.38. The van der Waals surface area contributed by atoms with Gasteiger partial charge < -0.3 is 10.2 Å². The lowest BCUT2D eigenvalue weighted by atomic mass is 10.2. The van der Waals surface area contributed by atoms with Crippen LogP contribution in [0.25, 0.3) is 0 Å². The van der Waals surface area contributed by atoms with Gasteiger partial charge in [0.15, 0.2) is 5.96 Å². The number of guanidine groups is 1. The molecule has 0 atom stereocenters. The molecular weight excluding hydrogens is 429 g/mol. The van der Waals surface area contributed by atoms with Crippen molar-refractivity contribution in [2.24, 2.45) is 10.9 Å². The minimum atomic E-state index is 0. The Labute approximate surface area is 147 Å². The van der Waals surface area contributed by atoms with Crippen LogP contribution >= 0.6 is 39.9 Å². The summed E-state index contributed by atoms with van der Waals surface area (Å²) < 4.78 is 1.15. The maximum Gasteiger partial charge on any atom is 0.193 e. The monoisotopic (exact) mass is 451 g/mol. The summed E-state index contributed by atoms with van der Waals surface area (Å²) in [5.74, 6) is 1.83. The summed E-state index contributed by atoms with van der Waals surface area (Å²) in [5, 5.41) is 3.37. The molecule has 1 saturated carbocycles. The van der Waals surface area contributed by atoms with Crippen LogP contribution in [0, 0.1) is 5.92 Å². The molecule has 1 N–H and O–H groups in total. The van der Waals surface area contributed by atoms with Gasteiger partial charge >= 0.3 is 0 Å². The van der Waals surface area contributed by atoms with Crippen molar-refractivity contribution in [1.82, 2.24) is 10.2 Å². The van der Waals surface area contributed by atoms with Crippen molar-refractivity contribution in [1.29, 1.82) is 0 Å². The molecular formula is C15H23BrIN3. The van der Waals surface area contributed by atoms with Crippen LogP contribution in [0.3, 0.4) is 0 Å². The second-order valence-corrected chi connectivity index (χ2v) is 5.94. The van der Waals surface area contributed by atoms with Crippen LogP contribution in [-0.2, 0) is 6.54 Å². The summed E-state index contributed by atoms with van der Waals surface area (Å²) in [6.07, 6.45) is 2.69. The van der Waals surface area contributed by atoms with Gasteiger partial charge in [0.1, 0.15) is 0 Å². The van der Waals surface area contributed by atoms with E-state index in [2.05, 4.69) is 58.3 Å². The third kappa shape index (κ3) is 5.60. The average Bonchev–Trinajstić information content (AvgIpc) is 3.21. The molecule has 1 aromatic carbocycles. The number of rotatable bonds is 5. The molecule has 0 radical (unpaired) electrons. The zero-order chi connectivity index (χ0) is 13.7. The molecule has 2 rings (SSSR count). The number of hydrogen-bond acceptors (Lipinski definition) is 1. The molecule has 1 aliphatic rings. The van der Waals surface area contributed by atoms with Gasteiger partial charge in [0, 0.05) is 31.2 Å². The summed E-state index contributed by atoms with van der Waals surface area (Å²) in [5.41, 5.74) is 1.28. The third-order valence-electron chi connectivity index (χ3n) is 3.26.